The van der Waals surface area contributed by atoms with Crippen LogP contribution in [0.5, 0.6) is 0 Å². The molecule has 10 aromatic rings. The molecule has 0 nitrogen and oxygen atoms in total. The molecule has 12 heteroatoms. The predicted molar refractivity (Wildman–Crippen MR) is 272 cm³/mol. The molecule has 0 unspecified atom stereocenters. The maximum absolute atomic E-state index is 7.24. The van der Waals surface area contributed by atoms with Crippen LogP contribution in [0.3, 0.4) is 0 Å². The van der Waals surface area contributed by atoms with E-state index in [0.717, 1.165) is 54.2 Å². The fraction of sp³-hybridized carbons (Fsp3) is 0. The van der Waals surface area contributed by atoms with Gasteiger partial charge in [0, 0.05) is 0 Å². The van der Waals surface area contributed by atoms with Crippen molar-refractivity contribution in [1.29, 1.82) is 0 Å². The molecule has 0 aliphatic heterocycles. The predicted octanol–water partition coefficient (Wildman–Crippen LogP) is -0.868. The summed E-state index contributed by atoms with van der Waals surface area (Å²) in [6, 6.07) is 36.3. The molecule has 24 radical (unpaired) electrons. The van der Waals surface area contributed by atoms with Crippen LogP contribution >= 0.6 is 0 Å². The van der Waals surface area contributed by atoms with Crippen molar-refractivity contribution in [3.8, 4) is 33.4 Å². The topological polar surface area (TPSA) is 0 Å². The van der Waals surface area contributed by atoms with Gasteiger partial charge in [-0.2, -0.15) is 0 Å². The molecule has 0 N–H and O–H groups in total. The zero-order valence-electron chi connectivity index (χ0n) is 32.3. The minimum Gasteiger partial charge on any atom is -0.110 e. The van der Waals surface area contributed by atoms with Crippen LogP contribution in [0.1, 0.15) is 0 Å². The number of benzene rings is 10. The van der Waals surface area contributed by atoms with Gasteiger partial charge in [-0.25, -0.2) is 0 Å². The average molecular weight is 724 g/mol. The molecule has 0 saturated carbocycles. The van der Waals surface area contributed by atoms with Crippen molar-refractivity contribution in [2.24, 2.45) is 0 Å². The van der Waals surface area contributed by atoms with E-state index in [1.54, 1.807) is 0 Å². The van der Waals surface area contributed by atoms with E-state index < -0.39 is 0 Å². The summed E-state index contributed by atoms with van der Waals surface area (Å²) < 4.78 is 0. The second kappa shape index (κ2) is 14.1. The molecule has 0 amide bonds. The van der Waals surface area contributed by atoms with Crippen molar-refractivity contribution >= 4 is 224 Å². The summed E-state index contributed by atoms with van der Waals surface area (Å²) in [7, 11) is 84.1. The van der Waals surface area contributed by atoms with Gasteiger partial charge in [-0.05, 0) is 110 Å². The van der Waals surface area contributed by atoms with Gasteiger partial charge in [-0.3, -0.25) is 0 Å². The largest absolute Gasteiger partial charge is 0.113 e. The number of hydrogen-bond acceptors (Lipinski definition) is 0. The highest BCUT2D eigenvalue weighted by molar-refractivity contribution is 6.72. The average Bonchev–Trinajstić information content (AvgIpc) is 3.27. The third-order valence-electron chi connectivity index (χ3n) is 12.3. The smallest absolute Gasteiger partial charge is 0.110 e. The molecule has 0 bridgehead atoms. The Morgan fingerprint density at radius 1 is 0.217 bits per heavy atom. The lowest BCUT2D eigenvalue weighted by Crippen LogP contribution is -2.50. The number of fused-ring (bicyclic) bond motifs is 8. The zero-order valence-corrected chi connectivity index (χ0v) is 32.3. The van der Waals surface area contributed by atoms with Crippen LogP contribution in [0.2, 0.25) is 0 Å². The quantitative estimate of drug-likeness (QED) is 0.127. The van der Waals surface area contributed by atoms with Gasteiger partial charge in [-0.15, -0.1) is 21.9 Å². The minimum absolute atomic E-state index is 0.0437. The van der Waals surface area contributed by atoms with Crippen molar-refractivity contribution < 1.29 is 0 Å². The molecule has 0 fully saturated rings. The Balaban J connectivity index is 1.44. The summed E-state index contributed by atoms with van der Waals surface area (Å²) >= 11 is 0. The van der Waals surface area contributed by atoms with Gasteiger partial charge in [0.05, 0.1) is 0 Å². The van der Waals surface area contributed by atoms with Gasteiger partial charge in [0.2, 0.25) is 0 Å². The Hall–Kier alpha value is -5.46. The Bertz CT molecular complexity index is 3470. The van der Waals surface area contributed by atoms with Gasteiger partial charge in [0.25, 0.3) is 0 Å². The first kappa shape index (κ1) is 38.7. The lowest BCUT2D eigenvalue weighted by molar-refractivity contribution is 1.74. The van der Waals surface area contributed by atoms with Crippen LogP contribution in [0.25, 0.3) is 98.0 Å². The molecule has 246 valence electrons. The van der Waals surface area contributed by atoms with Crippen molar-refractivity contribution in [2.45, 2.75) is 0 Å². The van der Waals surface area contributed by atoms with Crippen molar-refractivity contribution in [3.05, 3.63) is 109 Å². The molecule has 0 heterocycles. The summed E-state index contributed by atoms with van der Waals surface area (Å²) in [5.41, 5.74) is 4.29. The third-order valence-corrected chi connectivity index (χ3v) is 12.3. The van der Waals surface area contributed by atoms with Crippen LogP contribution in [0, 0.1) is 0 Å². The van der Waals surface area contributed by atoms with E-state index in [0.29, 0.717) is 38.2 Å². The fourth-order valence-electron chi connectivity index (χ4n) is 9.38. The third kappa shape index (κ3) is 5.28. The van der Waals surface area contributed by atoms with E-state index in [1.807, 2.05) is 78.9 Å². The standard InChI is InChI=1S/C48H18B12/c49-37-30(28-18-20-10-2-4-12-22(20)24-14-6-8-16-26(24)28)38(50)44(56)36(43(37)55)31-34-32(39(51)45(57)47(59)41(34)53)29(33-35(31)42(54)48(60)46(58)40(33)52)27-17-19-9-1-3-11-21(19)23-13-5-7-15-25(23)27/h1-18H. The molecule has 0 saturated heterocycles. The van der Waals surface area contributed by atoms with E-state index in [4.69, 9.17) is 94.2 Å². The molecule has 10 rings (SSSR count). The molecule has 0 atom stereocenters. The highest BCUT2D eigenvalue weighted by Crippen LogP contribution is 2.44. The maximum Gasteiger partial charge on any atom is 0.113 e. The zero-order chi connectivity index (χ0) is 42.0. The van der Waals surface area contributed by atoms with Crippen LogP contribution in [-0.2, 0) is 0 Å². The number of hydrogen-bond donors (Lipinski definition) is 0. The first-order chi connectivity index (χ1) is 28.8. The van der Waals surface area contributed by atoms with Crippen molar-refractivity contribution in [2.75, 3.05) is 0 Å². The molecule has 0 aliphatic carbocycles. The fourth-order valence-corrected chi connectivity index (χ4v) is 9.38. The van der Waals surface area contributed by atoms with E-state index in [2.05, 4.69) is 30.3 Å². The monoisotopic (exact) mass is 726 g/mol. The normalized spacial score (nSPS) is 11.8. The first-order valence-electron chi connectivity index (χ1n) is 19.2. The van der Waals surface area contributed by atoms with Crippen LogP contribution < -0.4 is 65.6 Å². The highest BCUT2D eigenvalue weighted by atomic mass is 14.3. The van der Waals surface area contributed by atoms with E-state index in [1.165, 1.54) is 0 Å². The van der Waals surface area contributed by atoms with Gasteiger partial charge in [0.1, 0.15) is 94.2 Å². The Morgan fingerprint density at radius 2 is 0.500 bits per heavy atom. The molecular weight excluding hydrogens is 706 g/mol. The van der Waals surface area contributed by atoms with E-state index >= 15 is 0 Å². The molecule has 0 spiro atoms. The van der Waals surface area contributed by atoms with Crippen molar-refractivity contribution in [1.82, 2.24) is 0 Å². The Labute approximate surface area is 365 Å². The summed E-state index contributed by atoms with van der Waals surface area (Å²) in [4.78, 5) is 0. The second-order valence-corrected chi connectivity index (χ2v) is 15.3. The van der Waals surface area contributed by atoms with E-state index in [-0.39, 0.29) is 71.1 Å². The first-order valence-corrected chi connectivity index (χ1v) is 19.2. The summed E-state index contributed by atoms with van der Waals surface area (Å²) in [5, 5.41) is 9.33. The van der Waals surface area contributed by atoms with Gasteiger partial charge in [0.15, 0.2) is 0 Å². The Morgan fingerprint density at radius 3 is 0.883 bits per heavy atom. The van der Waals surface area contributed by atoms with Crippen molar-refractivity contribution in [3.63, 3.8) is 0 Å². The molecular formula is C48H18B12. The molecule has 60 heavy (non-hydrogen) atoms. The van der Waals surface area contributed by atoms with Gasteiger partial charge >= 0.3 is 0 Å². The lowest BCUT2D eigenvalue weighted by Gasteiger charge is -2.31. The summed E-state index contributed by atoms with van der Waals surface area (Å²) in [6.45, 7) is 0. The number of rotatable bonds is 3. The van der Waals surface area contributed by atoms with Gasteiger partial charge < -0.3 is 0 Å². The lowest BCUT2D eigenvalue weighted by atomic mass is 9.57. The van der Waals surface area contributed by atoms with Gasteiger partial charge in [-0.1, -0.05) is 141 Å². The summed E-state index contributed by atoms with van der Waals surface area (Å²) in [6.07, 6.45) is 0. The van der Waals surface area contributed by atoms with E-state index in [9.17, 15) is 0 Å². The highest BCUT2D eigenvalue weighted by Gasteiger charge is 2.28. The SMILES string of the molecule is [B]c1c([B])c(-c2c3c([B])c([B])c([B])c([B])c3c(-c3cc4ccccc4c4ccccc34)c3c([B])c([B])c([B])c([B])c23)c([B])c([B])c1-c1cc2ccccc2c2ccccc12. The second-order valence-electron chi connectivity index (χ2n) is 15.3. The molecule has 10 aromatic carbocycles. The summed E-state index contributed by atoms with van der Waals surface area (Å²) in [5.74, 6) is 0. The Kier molecular flexibility index (Phi) is 9.07. The van der Waals surface area contributed by atoms with Crippen LogP contribution in [-0.4, -0.2) is 94.2 Å². The van der Waals surface area contributed by atoms with Crippen LogP contribution in [0.15, 0.2) is 109 Å². The molecule has 0 aromatic heterocycles. The minimum atomic E-state index is 0.0437. The maximum atomic E-state index is 7.24. The molecule has 0 aliphatic rings. The van der Waals surface area contributed by atoms with Crippen LogP contribution in [0.4, 0.5) is 0 Å².